The van der Waals surface area contributed by atoms with Crippen LogP contribution in [0, 0.1) is 18.7 Å². The normalized spacial score (nSPS) is 22.0. The Morgan fingerprint density at radius 2 is 1.83 bits per heavy atom. The second-order valence-electron chi connectivity index (χ2n) is 8.86. The molecule has 5 nitrogen and oxygen atoms in total. The molecule has 2 heterocycles. The molecule has 1 fully saturated rings. The molecule has 36 heavy (non-hydrogen) atoms. The van der Waals surface area contributed by atoms with Crippen molar-refractivity contribution in [3.63, 3.8) is 0 Å². The van der Waals surface area contributed by atoms with E-state index in [4.69, 9.17) is 4.74 Å². The number of anilines is 2. The van der Waals surface area contributed by atoms with E-state index in [1.165, 1.54) is 18.0 Å². The van der Waals surface area contributed by atoms with Crippen LogP contribution in [0.15, 0.2) is 47.6 Å². The highest BCUT2D eigenvalue weighted by Crippen LogP contribution is 2.36. The Bertz CT molecular complexity index is 1060. The number of carbonyl (C=O) groups is 1. The van der Waals surface area contributed by atoms with Gasteiger partial charge >= 0.3 is 6.18 Å². The zero-order chi connectivity index (χ0) is 26.5. The second-order valence-corrected chi connectivity index (χ2v) is 8.86. The van der Waals surface area contributed by atoms with Crippen molar-refractivity contribution in [3.05, 3.63) is 53.8 Å². The van der Waals surface area contributed by atoms with E-state index in [1.807, 2.05) is 31.7 Å². The first-order valence-electron chi connectivity index (χ1n) is 12.3. The van der Waals surface area contributed by atoms with Crippen LogP contribution in [0.1, 0.15) is 45.6 Å². The molecular weight excluding hydrogens is 474 g/mol. The predicted molar refractivity (Wildman–Crippen MR) is 134 cm³/mol. The van der Waals surface area contributed by atoms with Gasteiger partial charge in [-0.1, -0.05) is 26.8 Å². The quantitative estimate of drug-likeness (QED) is 0.329. The molecule has 0 aromatic heterocycles. The van der Waals surface area contributed by atoms with E-state index in [0.29, 0.717) is 30.0 Å². The van der Waals surface area contributed by atoms with Crippen molar-refractivity contribution in [1.82, 2.24) is 0 Å². The van der Waals surface area contributed by atoms with E-state index in [-0.39, 0.29) is 18.3 Å². The molecule has 2 unspecified atom stereocenters. The first-order chi connectivity index (χ1) is 17.2. The summed E-state index contributed by atoms with van der Waals surface area (Å²) < 4.78 is 60.5. The zero-order valence-electron chi connectivity index (χ0n) is 21.1. The lowest BCUT2D eigenvalue weighted by atomic mass is 9.95. The van der Waals surface area contributed by atoms with Crippen LogP contribution < -0.4 is 14.6 Å². The van der Waals surface area contributed by atoms with Gasteiger partial charge in [-0.3, -0.25) is 5.01 Å². The minimum absolute atomic E-state index is 0.0596. The Labute approximate surface area is 209 Å². The lowest BCUT2D eigenvalue weighted by Crippen LogP contribution is -2.41. The third-order valence-electron chi connectivity index (χ3n) is 6.39. The number of benzene rings is 2. The molecule has 1 saturated heterocycles. The van der Waals surface area contributed by atoms with Crippen molar-refractivity contribution >= 4 is 23.4 Å². The molecule has 0 N–H and O–H groups in total. The Hall–Kier alpha value is -3.10. The molecule has 2 aromatic carbocycles. The van der Waals surface area contributed by atoms with Crippen LogP contribution in [0.2, 0.25) is 0 Å². The maximum absolute atomic E-state index is 14.3. The topological polar surface area (TPSA) is 45.1 Å². The Morgan fingerprint density at radius 1 is 1.14 bits per heavy atom. The van der Waals surface area contributed by atoms with Crippen molar-refractivity contribution < 1.29 is 27.1 Å². The first-order valence-corrected chi connectivity index (χ1v) is 12.3. The molecule has 4 rings (SSSR count). The summed E-state index contributed by atoms with van der Waals surface area (Å²) in [6, 6.07) is 11.0. The third kappa shape index (κ3) is 6.17. The number of hydrogen-bond donors (Lipinski definition) is 0. The summed E-state index contributed by atoms with van der Waals surface area (Å²) >= 11 is 0. The number of aryl methyl sites for hydroxylation is 1. The van der Waals surface area contributed by atoms with Crippen molar-refractivity contribution in [3.8, 4) is 5.75 Å². The van der Waals surface area contributed by atoms with Gasteiger partial charge in [0, 0.05) is 18.9 Å². The number of hydrogen-bond acceptors (Lipinski definition) is 5. The molecule has 0 radical (unpaired) electrons. The molecule has 0 saturated carbocycles. The summed E-state index contributed by atoms with van der Waals surface area (Å²) in [4.78, 5) is 13.1. The summed E-state index contributed by atoms with van der Waals surface area (Å²) in [6.45, 7) is 8.63. The maximum atomic E-state index is 14.3. The molecule has 2 aliphatic heterocycles. The Kier molecular flexibility index (Phi) is 8.98. The van der Waals surface area contributed by atoms with E-state index in [0.717, 1.165) is 24.9 Å². The largest absolute Gasteiger partial charge is 0.489 e. The van der Waals surface area contributed by atoms with E-state index >= 15 is 0 Å². The van der Waals surface area contributed by atoms with E-state index in [2.05, 4.69) is 5.10 Å². The van der Waals surface area contributed by atoms with Crippen LogP contribution in [0.25, 0.3) is 0 Å². The van der Waals surface area contributed by atoms with Gasteiger partial charge in [0.1, 0.15) is 29.7 Å². The Balaban J connectivity index is 0.00000176. The lowest BCUT2D eigenvalue weighted by molar-refractivity contribution is -0.108. The summed E-state index contributed by atoms with van der Waals surface area (Å²) in [6.07, 6.45) is -2.48. The van der Waals surface area contributed by atoms with Crippen LogP contribution in [-0.4, -0.2) is 43.4 Å². The van der Waals surface area contributed by atoms with Crippen LogP contribution in [0.3, 0.4) is 0 Å². The molecule has 9 heteroatoms. The highest BCUT2D eigenvalue weighted by Gasteiger charge is 2.48. The highest BCUT2D eigenvalue weighted by atomic mass is 19.4. The van der Waals surface area contributed by atoms with Crippen LogP contribution in [0.4, 0.5) is 28.9 Å². The van der Waals surface area contributed by atoms with E-state index in [9.17, 15) is 22.4 Å². The average Bonchev–Trinajstić information content (AvgIpc) is 3.19. The molecule has 0 amide bonds. The van der Waals surface area contributed by atoms with Crippen LogP contribution in [-0.2, 0) is 4.79 Å². The number of halogens is 4. The molecule has 2 aliphatic rings. The number of alkyl halides is 3. The van der Waals surface area contributed by atoms with Crippen LogP contribution >= 0.6 is 0 Å². The zero-order valence-corrected chi connectivity index (χ0v) is 21.1. The molecule has 3 atom stereocenters. The second kappa shape index (κ2) is 11.8. The highest BCUT2D eigenvalue weighted by molar-refractivity contribution is 5.95. The van der Waals surface area contributed by atoms with E-state index < -0.39 is 23.8 Å². The van der Waals surface area contributed by atoms with Gasteiger partial charge in [0.05, 0.1) is 24.0 Å². The van der Waals surface area contributed by atoms with Crippen LogP contribution in [0.5, 0.6) is 5.75 Å². The number of nitrogens with zero attached hydrogens (tertiary/aromatic N) is 3. The fourth-order valence-electron chi connectivity index (χ4n) is 4.63. The molecule has 0 aliphatic carbocycles. The van der Waals surface area contributed by atoms with Gasteiger partial charge in [-0.15, -0.1) is 0 Å². The number of aldehydes is 1. The lowest BCUT2D eigenvalue weighted by Gasteiger charge is -2.35. The molecule has 196 valence electrons. The predicted octanol–water partition coefficient (Wildman–Crippen LogP) is 6.54. The van der Waals surface area contributed by atoms with Gasteiger partial charge in [-0.25, -0.2) is 4.39 Å². The molecule has 2 aromatic rings. The smallest absolute Gasteiger partial charge is 0.431 e. The monoisotopic (exact) mass is 507 g/mol. The fourth-order valence-corrected chi connectivity index (χ4v) is 4.63. The number of carbonyl (C=O) groups excluding carboxylic acids is 1. The molecule has 0 spiro atoms. The first kappa shape index (κ1) is 27.5. The Morgan fingerprint density at radius 3 is 2.47 bits per heavy atom. The van der Waals surface area contributed by atoms with Crippen molar-refractivity contribution in [2.45, 2.75) is 65.3 Å². The fraction of sp³-hybridized carbons (Fsp3) is 0.481. The van der Waals surface area contributed by atoms with Gasteiger partial charge in [0.25, 0.3) is 0 Å². The summed E-state index contributed by atoms with van der Waals surface area (Å²) in [5.74, 6) is -0.616. The van der Waals surface area contributed by atoms with Gasteiger partial charge in [0.2, 0.25) is 0 Å². The third-order valence-corrected chi connectivity index (χ3v) is 6.39. The molecular formula is C27H33F4N3O2. The van der Waals surface area contributed by atoms with Gasteiger partial charge in [-0.05, 0) is 61.7 Å². The van der Waals surface area contributed by atoms with Crippen molar-refractivity contribution in [2.24, 2.45) is 11.0 Å². The molecule has 0 bridgehead atoms. The van der Waals surface area contributed by atoms with Gasteiger partial charge in [-0.2, -0.15) is 18.3 Å². The average molecular weight is 508 g/mol. The summed E-state index contributed by atoms with van der Waals surface area (Å²) in [7, 11) is 0. The van der Waals surface area contributed by atoms with Gasteiger partial charge in [0.15, 0.2) is 0 Å². The van der Waals surface area contributed by atoms with Gasteiger partial charge < -0.3 is 14.4 Å². The van der Waals surface area contributed by atoms with E-state index in [1.54, 1.807) is 30.3 Å². The standard InChI is InChI=1S/C25H27F4N3O2.C2H6/c1-16-5-10-21(26)23(14-16)31-12-3-4-20(15-31)34-19-8-6-18(7-9-19)32-22(11-13-33)17(2)24(30-32)25(27,28)29;1-2/h5-10,13-14,17,20,22H,3-4,11-12,15H2,1-2H3;1-2H3/t17?,20?,22-;/m0./s1. The minimum Gasteiger partial charge on any atom is -0.489 e. The summed E-state index contributed by atoms with van der Waals surface area (Å²) in [5, 5.41) is 5.07. The number of piperidine rings is 1. The number of rotatable bonds is 6. The summed E-state index contributed by atoms with van der Waals surface area (Å²) in [5.41, 5.74) is 1.12. The minimum atomic E-state index is -4.55. The number of hydrazone groups is 1. The van der Waals surface area contributed by atoms with Crippen molar-refractivity contribution in [2.75, 3.05) is 23.0 Å². The number of ether oxygens (including phenoxy) is 1. The SMILES string of the molecule is CC.Cc1ccc(F)c(N2CCCC(Oc3ccc(N4N=C(C(F)(F)F)C(C)[C@@H]4CC=O)cc3)C2)c1. The maximum Gasteiger partial charge on any atom is 0.431 e. The van der Waals surface area contributed by atoms with Crippen molar-refractivity contribution in [1.29, 1.82) is 0 Å².